The molecule has 1 aliphatic heterocycles. The van der Waals surface area contributed by atoms with Crippen molar-refractivity contribution in [2.75, 3.05) is 0 Å². The molecule has 2 aromatic carbocycles. The van der Waals surface area contributed by atoms with E-state index in [4.69, 9.17) is 4.74 Å². The smallest absolute Gasteiger partial charge is 0.312 e. The SMILES string of the molecule is O=[N+]([O-])c1cc(Br)cc2c1OC(C1CC1)C2c1ccccc1. The molecule has 4 rings (SSSR count). The fourth-order valence-electron chi connectivity index (χ4n) is 3.30. The predicted molar refractivity (Wildman–Crippen MR) is 86.2 cm³/mol. The van der Waals surface area contributed by atoms with Gasteiger partial charge >= 0.3 is 5.69 Å². The first kappa shape index (κ1) is 13.8. The molecule has 0 aromatic heterocycles. The maximum Gasteiger partial charge on any atom is 0.312 e. The lowest BCUT2D eigenvalue weighted by molar-refractivity contribution is -0.385. The third-order valence-electron chi connectivity index (χ3n) is 4.42. The molecule has 4 nitrogen and oxygen atoms in total. The van der Waals surface area contributed by atoms with E-state index < -0.39 is 0 Å². The first-order valence-electron chi connectivity index (χ1n) is 7.34. The highest BCUT2D eigenvalue weighted by Crippen LogP contribution is 2.54. The molecule has 2 unspecified atom stereocenters. The van der Waals surface area contributed by atoms with Gasteiger partial charge in [0.25, 0.3) is 0 Å². The van der Waals surface area contributed by atoms with Crippen molar-refractivity contribution in [1.82, 2.24) is 0 Å². The van der Waals surface area contributed by atoms with Crippen LogP contribution in [-0.4, -0.2) is 11.0 Å². The van der Waals surface area contributed by atoms with E-state index in [1.54, 1.807) is 0 Å². The van der Waals surface area contributed by atoms with Crippen LogP contribution in [0.25, 0.3) is 0 Å². The van der Waals surface area contributed by atoms with Crippen molar-refractivity contribution in [2.45, 2.75) is 24.9 Å². The fourth-order valence-corrected chi connectivity index (χ4v) is 3.76. The Hall–Kier alpha value is -1.88. The average Bonchev–Trinajstić information content (AvgIpc) is 3.28. The summed E-state index contributed by atoms with van der Waals surface area (Å²) in [6.07, 6.45) is 2.28. The predicted octanol–water partition coefficient (Wildman–Crippen LogP) is 4.66. The van der Waals surface area contributed by atoms with Crippen LogP contribution in [0.1, 0.15) is 29.9 Å². The van der Waals surface area contributed by atoms with Crippen LogP contribution in [0.15, 0.2) is 46.9 Å². The highest BCUT2D eigenvalue weighted by molar-refractivity contribution is 9.10. The van der Waals surface area contributed by atoms with Crippen LogP contribution in [-0.2, 0) is 0 Å². The van der Waals surface area contributed by atoms with E-state index in [1.165, 1.54) is 6.07 Å². The average molecular weight is 360 g/mol. The third-order valence-corrected chi connectivity index (χ3v) is 4.88. The largest absolute Gasteiger partial charge is 0.482 e. The summed E-state index contributed by atoms with van der Waals surface area (Å²) >= 11 is 3.40. The van der Waals surface area contributed by atoms with Crippen molar-refractivity contribution >= 4 is 21.6 Å². The number of fused-ring (bicyclic) bond motifs is 1. The molecule has 1 fully saturated rings. The Labute approximate surface area is 136 Å². The first-order chi connectivity index (χ1) is 10.6. The Balaban J connectivity index is 1.89. The minimum absolute atomic E-state index is 0.00500. The van der Waals surface area contributed by atoms with Crippen molar-refractivity contribution in [3.05, 3.63) is 68.2 Å². The summed E-state index contributed by atoms with van der Waals surface area (Å²) in [5.41, 5.74) is 2.13. The van der Waals surface area contributed by atoms with E-state index in [2.05, 4.69) is 28.1 Å². The van der Waals surface area contributed by atoms with Gasteiger partial charge in [-0.2, -0.15) is 0 Å². The second kappa shape index (κ2) is 5.09. The summed E-state index contributed by atoms with van der Waals surface area (Å²) in [6.45, 7) is 0. The number of nitro groups is 1. The highest BCUT2D eigenvalue weighted by Gasteiger charge is 2.47. The fraction of sp³-hybridized carbons (Fsp3) is 0.294. The van der Waals surface area contributed by atoms with Crippen molar-refractivity contribution in [1.29, 1.82) is 0 Å². The Kier molecular flexibility index (Phi) is 3.18. The minimum Gasteiger partial charge on any atom is -0.482 e. The molecular weight excluding hydrogens is 346 g/mol. The van der Waals surface area contributed by atoms with Gasteiger partial charge in [-0.15, -0.1) is 0 Å². The molecule has 2 aromatic rings. The second-order valence-electron chi connectivity index (χ2n) is 5.91. The van der Waals surface area contributed by atoms with Gasteiger partial charge in [0.15, 0.2) is 0 Å². The zero-order chi connectivity index (χ0) is 15.3. The molecule has 2 aliphatic rings. The lowest BCUT2D eigenvalue weighted by Crippen LogP contribution is -2.22. The second-order valence-corrected chi connectivity index (χ2v) is 6.82. The van der Waals surface area contributed by atoms with Gasteiger partial charge in [-0.05, 0) is 30.4 Å². The lowest BCUT2D eigenvalue weighted by Gasteiger charge is -2.19. The van der Waals surface area contributed by atoms with Crippen molar-refractivity contribution in [3.8, 4) is 5.75 Å². The highest BCUT2D eigenvalue weighted by atomic mass is 79.9. The van der Waals surface area contributed by atoms with Crippen molar-refractivity contribution < 1.29 is 9.66 Å². The summed E-state index contributed by atoms with van der Waals surface area (Å²) in [4.78, 5) is 11.0. The van der Waals surface area contributed by atoms with Crippen molar-refractivity contribution in [2.24, 2.45) is 5.92 Å². The molecule has 22 heavy (non-hydrogen) atoms. The summed E-state index contributed by atoms with van der Waals surface area (Å²) in [7, 11) is 0. The molecule has 112 valence electrons. The monoisotopic (exact) mass is 359 g/mol. The summed E-state index contributed by atoms with van der Waals surface area (Å²) in [5.74, 6) is 1.01. The molecule has 1 saturated carbocycles. The van der Waals surface area contributed by atoms with Gasteiger partial charge in [-0.3, -0.25) is 10.1 Å². The Morgan fingerprint density at radius 2 is 1.91 bits per heavy atom. The van der Waals surface area contributed by atoms with E-state index in [0.717, 1.165) is 28.4 Å². The van der Waals surface area contributed by atoms with E-state index >= 15 is 0 Å². The van der Waals surface area contributed by atoms with Gasteiger partial charge in [0, 0.05) is 16.1 Å². The molecule has 0 spiro atoms. The standard InChI is InChI=1S/C17H14BrNO3/c18-12-8-13-15(10-4-2-1-3-5-10)16(11-6-7-11)22-17(13)14(9-12)19(20)21/h1-5,8-9,11,15-16H,6-7H2. The number of hydrogen-bond acceptors (Lipinski definition) is 3. The van der Waals surface area contributed by atoms with Crippen LogP contribution < -0.4 is 4.74 Å². The normalized spacial score (nSPS) is 23.0. The summed E-state index contributed by atoms with van der Waals surface area (Å²) < 4.78 is 6.80. The van der Waals surface area contributed by atoms with Crippen LogP contribution in [0.2, 0.25) is 0 Å². The Morgan fingerprint density at radius 3 is 2.55 bits per heavy atom. The molecule has 0 amide bonds. The quantitative estimate of drug-likeness (QED) is 0.591. The third kappa shape index (κ3) is 2.20. The molecule has 0 radical (unpaired) electrons. The number of nitro benzene ring substituents is 1. The number of nitrogens with zero attached hydrogens (tertiary/aromatic N) is 1. The van der Waals surface area contributed by atoms with Gasteiger partial charge in [0.2, 0.25) is 5.75 Å². The first-order valence-corrected chi connectivity index (χ1v) is 8.14. The minimum atomic E-state index is -0.360. The van der Waals surface area contributed by atoms with E-state index in [-0.39, 0.29) is 22.6 Å². The van der Waals surface area contributed by atoms with Crippen LogP contribution in [0.5, 0.6) is 5.75 Å². The zero-order valence-electron chi connectivity index (χ0n) is 11.7. The van der Waals surface area contributed by atoms with Crippen LogP contribution in [0, 0.1) is 16.0 Å². The Morgan fingerprint density at radius 1 is 1.18 bits per heavy atom. The molecule has 0 saturated heterocycles. The molecule has 1 aliphatic carbocycles. The maximum absolute atomic E-state index is 11.4. The lowest BCUT2D eigenvalue weighted by atomic mass is 9.86. The molecule has 0 N–H and O–H groups in total. The van der Waals surface area contributed by atoms with E-state index in [1.807, 2.05) is 24.3 Å². The van der Waals surface area contributed by atoms with Gasteiger partial charge in [-0.25, -0.2) is 0 Å². The zero-order valence-corrected chi connectivity index (χ0v) is 13.3. The van der Waals surface area contributed by atoms with Gasteiger partial charge in [-0.1, -0.05) is 46.3 Å². The van der Waals surface area contributed by atoms with Crippen LogP contribution in [0.4, 0.5) is 5.69 Å². The molecule has 2 atom stereocenters. The van der Waals surface area contributed by atoms with E-state index in [0.29, 0.717) is 11.7 Å². The van der Waals surface area contributed by atoms with Crippen LogP contribution >= 0.6 is 15.9 Å². The van der Waals surface area contributed by atoms with Crippen LogP contribution in [0.3, 0.4) is 0 Å². The van der Waals surface area contributed by atoms with Gasteiger partial charge in [0.1, 0.15) is 6.10 Å². The number of hydrogen-bond donors (Lipinski definition) is 0. The van der Waals surface area contributed by atoms with Gasteiger partial charge < -0.3 is 4.74 Å². The number of ether oxygens (including phenoxy) is 1. The summed E-state index contributed by atoms with van der Waals surface area (Å²) in [6, 6.07) is 13.6. The van der Waals surface area contributed by atoms with E-state index in [9.17, 15) is 10.1 Å². The Bertz CT molecular complexity index is 743. The topological polar surface area (TPSA) is 52.4 Å². The number of halogens is 1. The summed E-state index contributed by atoms with van der Waals surface area (Å²) in [5, 5.41) is 11.4. The molecular formula is C17H14BrNO3. The molecule has 5 heteroatoms. The number of benzene rings is 2. The van der Waals surface area contributed by atoms with Crippen molar-refractivity contribution in [3.63, 3.8) is 0 Å². The molecule has 1 heterocycles. The maximum atomic E-state index is 11.4. The molecule has 0 bridgehead atoms. The van der Waals surface area contributed by atoms with Gasteiger partial charge in [0.05, 0.1) is 10.8 Å². The number of rotatable bonds is 3.